The van der Waals surface area contributed by atoms with Crippen molar-refractivity contribution in [1.82, 2.24) is 15.1 Å². The van der Waals surface area contributed by atoms with Gasteiger partial charge in [0.05, 0.1) is 36.1 Å². The molecule has 3 unspecified atom stereocenters. The second-order valence-corrected chi connectivity index (χ2v) is 6.46. The van der Waals surface area contributed by atoms with Crippen LogP contribution in [0.15, 0.2) is 6.20 Å². The highest BCUT2D eigenvalue weighted by atomic mass is 35.5. The lowest BCUT2D eigenvalue weighted by Crippen LogP contribution is -2.24. The fraction of sp³-hybridized carbons (Fsp3) is 0.800. The van der Waals surface area contributed by atoms with Gasteiger partial charge in [-0.05, 0) is 37.6 Å². The van der Waals surface area contributed by atoms with Gasteiger partial charge in [0.25, 0.3) is 0 Å². The van der Waals surface area contributed by atoms with E-state index < -0.39 is 0 Å². The van der Waals surface area contributed by atoms with Gasteiger partial charge >= 0.3 is 0 Å². The average molecular weight is 298 g/mol. The van der Waals surface area contributed by atoms with Crippen LogP contribution in [0.5, 0.6) is 0 Å². The van der Waals surface area contributed by atoms with Crippen LogP contribution in [0.1, 0.15) is 37.4 Å². The predicted octanol–water partition coefficient (Wildman–Crippen LogP) is 2.88. The van der Waals surface area contributed by atoms with Crippen molar-refractivity contribution in [2.45, 2.75) is 38.3 Å². The summed E-state index contributed by atoms with van der Waals surface area (Å²) in [5.74, 6) is 2.52. The lowest BCUT2D eigenvalue weighted by molar-refractivity contribution is 0.181. The molecule has 0 aromatic carbocycles. The second-order valence-electron chi connectivity index (χ2n) is 6.05. The molecule has 3 rings (SSSR count). The molecule has 20 heavy (non-hydrogen) atoms. The molecule has 1 aromatic rings. The van der Waals surface area contributed by atoms with Crippen molar-refractivity contribution < 1.29 is 4.74 Å². The molecule has 2 aliphatic rings. The molecular weight excluding hydrogens is 274 g/mol. The lowest BCUT2D eigenvalue weighted by atomic mass is 10.0. The molecule has 1 heterocycles. The van der Waals surface area contributed by atoms with Crippen molar-refractivity contribution >= 4 is 11.6 Å². The monoisotopic (exact) mass is 297 g/mol. The number of fused-ring (bicyclic) bond motifs is 1. The summed E-state index contributed by atoms with van der Waals surface area (Å²) in [6, 6.07) is 0.329. The topological polar surface area (TPSA) is 39.1 Å². The first-order valence-corrected chi connectivity index (χ1v) is 8.03. The summed E-state index contributed by atoms with van der Waals surface area (Å²) in [5, 5.41) is 8.69. The Hall–Kier alpha value is -0.580. The van der Waals surface area contributed by atoms with Gasteiger partial charge in [-0.25, -0.2) is 0 Å². The number of halogens is 1. The summed E-state index contributed by atoms with van der Waals surface area (Å²) in [4.78, 5) is 0. The Kier molecular flexibility index (Phi) is 4.34. The highest BCUT2D eigenvalue weighted by Crippen LogP contribution is 2.60. The number of nitrogens with one attached hydrogen (secondary N) is 1. The highest BCUT2D eigenvalue weighted by Gasteiger charge is 2.55. The van der Waals surface area contributed by atoms with E-state index in [1.165, 1.54) is 25.7 Å². The van der Waals surface area contributed by atoms with Gasteiger partial charge in [-0.2, -0.15) is 5.10 Å². The van der Waals surface area contributed by atoms with Crippen molar-refractivity contribution in [1.29, 1.82) is 0 Å². The van der Waals surface area contributed by atoms with Crippen molar-refractivity contribution in [2.75, 3.05) is 20.8 Å². The Morgan fingerprint density at radius 3 is 2.75 bits per heavy atom. The van der Waals surface area contributed by atoms with Crippen LogP contribution in [-0.4, -0.2) is 30.5 Å². The van der Waals surface area contributed by atoms with Gasteiger partial charge in [0, 0.05) is 7.11 Å². The quantitative estimate of drug-likeness (QED) is 0.877. The summed E-state index contributed by atoms with van der Waals surface area (Å²) in [5.41, 5.74) is 1.14. The van der Waals surface area contributed by atoms with Crippen LogP contribution in [0.2, 0.25) is 5.02 Å². The van der Waals surface area contributed by atoms with Crippen molar-refractivity contribution in [3.8, 4) is 0 Å². The summed E-state index contributed by atoms with van der Waals surface area (Å²) in [7, 11) is 3.76. The molecule has 2 aliphatic carbocycles. The molecule has 0 radical (unpaired) electrons. The molecule has 0 aliphatic heterocycles. The summed E-state index contributed by atoms with van der Waals surface area (Å²) >= 11 is 6.40. The molecular formula is C15H24ClN3O. The van der Waals surface area contributed by atoms with Gasteiger partial charge in [0.2, 0.25) is 0 Å². The van der Waals surface area contributed by atoms with Gasteiger partial charge < -0.3 is 10.1 Å². The van der Waals surface area contributed by atoms with Gasteiger partial charge in [-0.1, -0.05) is 24.4 Å². The molecule has 112 valence electrons. The maximum Gasteiger partial charge on any atom is 0.0834 e. The number of rotatable bonds is 6. The van der Waals surface area contributed by atoms with Crippen LogP contribution >= 0.6 is 11.6 Å². The van der Waals surface area contributed by atoms with Crippen LogP contribution in [0.3, 0.4) is 0 Å². The zero-order valence-electron chi connectivity index (χ0n) is 12.3. The maximum absolute atomic E-state index is 6.40. The molecule has 0 amide bonds. The molecule has 2 saturated carbocycles. The van der Waals surface area contributed by atoms with Crippen molar-refractivity contribution in [2.24, 2.45) is 17.8 Å². The minimum Gasteiger partial charge on any atom is -0.383 e. The zero-order valence-corrected chi connectivity index (χ0v) is 13.1. The van der Waals surface area contributed by atoms with Gasteiger partial charge in [-0.3, -0.25) is 4.68 Å². The smallest absolute Gasteiger partial charge is 0.0834 e. The highest BCUT2D eigenvalue weighted by molar-refractivity contribution is 6.31. The zero-order chi connectivity index (χ0) is 14.1. The largest absolute Gasteiger partial charge is 0.383 e. The van der Waals surface area contributed by atoms with E-state index in [0.29, 0.717) is 12.6 Å². The van der Waals surface area contributed by atoms with Crippen LogP contribution in [0.25, 0.3) is 0 Å². The number of methoxy groups -OCH3 is 1. The van der Waals surface area contributed by atoms with Gasteiger partial charge in [-0.15, -0.1) is 0 Å². The molecule has 0 spiro atoms. The van der Waals surface area contributed by atoms with E-state index in [0.717, 1.165) is 35.0 Å². The van der Waals surface area contributed by atoms with Crippen molar-refractivity contribution in [3.63, 3.8) is 0 Å². The van der Waals surface area contributed by atoms with Crippen LogP contribution < -0.4 is 5.32 Å². The Bertz CT molecular complexity index is 450. The summed E-state index contributed by atoms with van der Waals surface area (Å²) < 4.78 is 7.18. The van der Waals surface area contributed by atoms with Gasteiger partial charge in [0.15, 0.2) is 0 Å². The normalized spacial score (nSPS) is 30.1. The van der Waals surface area contributed by atoms with E-state index in [2.05, 4.69) is 10.4 Å². The number of aromatic nitrogens is 2. The van der Waals surface area contributed by atoms with Crippen LogP contribution in [0.4, 0.5) is 0 Å². The number of ether oxygens (including phenoxy) is 1. The third kappa shape index (κ3) is 2.49. The standard InChI is InChI=1S/C15H24ClN3O/c1-17-14(13-10-5-3-4-6-11(10)13)15-12(16)9-18-19(15)7-8-20-2/h9-11,13-14,17H,3-8H2,1-2H3. The minimum atomic E-state index is 0.329. The number of nitrogens with zero attached hydrogens (tertiary/aromatic N) is 2. The Morgan fingerprint density at radius 2 is 2.15 bits per heavy atom. The first kappa shape index (κ1) is 14.4. The fourth-order valence-electron chi connectivity index (χ4n) is 4.09. The third-order valence-corrected chi connectivity index (χ3v) is 5.34. The second kappa shape index (κ2) is 6.04. The number of hydrogen-bond donors (Lipinski definition) is 1. The summed E-state index contributed by atoms with van der Waals surface area (Å²) in [6.45, 7) is 1.43. The van der Waals surface area contributed by atoms with Crippen LogP contribution in [-0.2, 0) is 11.3 Å². The predicted molar refractivity (Wildman–Crippen MR) is 79.9 cm³/mol. The van der Waals surface area contributed by atoms with E-state index in [-0.39, 0.29) is 0 Å². The van der Waals surface area contributed by atoms with E-state index in [1.54, 1.807) is 13.3 Å². The maximum atomic E-state index is 6.40. The van der Waals surface area contributed by atoms with E-state index in [1.807, 2.05) is 11.7 Å². The Balaban J connectivity index is 1.80. The molecule has 3 atom stereocenters. The Labute approximate surface area is 125 Å². The molecule has 4 nitrogen and oxygen atoms in total. The molecule has 1 aromatic heterocycles. The first-order chi connectivity index (χ1) is 9.77. The Morgan fingerprint density at radius 1 is 1.45 bits per heavy atom. The van der Waals surface area contributed by atoms with Crippen molar-refractivity contribution in [3.05, 3.63) is 16.9 Å². The van der Waals surface area contributed by atoms with Gasteiger partial charge in [0.1, 0.15) is 0 Å². The fourth-order valence-corrected chi connectivity index (χ4v) is 4.35. The third-order valence-electron chi connectivity index (χ3n) is 5.05. The van der Waals surface area contributed by atoms with E-state index in [9.17, 15) is 0 Å². The number of hydrogen-bond acceptors (Lipinski definition) is 3. The summed E-state index contributed by atoms with van der Waals surface area (Å²) in [6.07, 6.45) is 7.33. The molecule has 1 N–H and O–H groups in total. The lowest BCUT2D eigenvalue weighted by Gasteiger charge is -2.19. The van der Waals surface area contributed by atoms with Crippen LogP contribution in [0, 0.1) is 17.8 Å². The van der Waals surface area contributed by atoms with E-state index in [4.69, 9.17) is 16.3 Å². The molecule has 5 heteroatoms. The SMILES string of the molecule is CNC(c1c(Cl)cnn1CCOC)C1C2CCCCC21. The first-order valence-electron chi connectivity index (χ1n) is 7.65. The molecule has 0 bridgehead atoms. The average Bonchev–Trinajstić information content (AvgIpc) is 3.08. The molecule has 0 saturated heterocycles. The molecule has 2 fully saturated rings. The minimum absolute atomic E-state index is 0.329. The van der Waals surface area contributed by atoms with E-state index >= 15 is 0 Å².